The first-order chi connectivity index (χ1) is 7.13. The second kappa shape index (κ2) is 5.32. The fourth-order valence-corrected chi connectivity index (χ4v) is 0.952. The Balaban J connectivity index is 2.79. The maximum atomic E-state index is 13.0. The minimum atomic E-state index is -0.711. The second-order valence-corrected chi connectivity index (χ2v) is 2.98. The smallest absolute Gasteiger partial charge is 0.317 e. The second-order valence-electron chi connectivity index (χ2n) is 2.55. The van der Waals surface area contributed by atoms with Gasteiger partial charge in [-0.3, -0.25) is 4.79 Å². The van der Waals surface area contributed by atoms with Gasteiger partial charge in [0, 0.05) is 6.20 Å². The van der Waals surface area contributed by atoms with E-state index in [4.69, 9.17) is 11.6 Å². The Bertz CT molecular complexity index is 437. The molecule has 0 fully saturated rings. The van der Waals surface area contributed by atoms with Gasteiger partial charge in [-0.2, -0.15) is 4.39 Å². The zero-order valence-corrected chi connectivity index (χ0v) is 8.64. The Kier molecular flexibility index (Phi) is 4.07. The molecule has 0 N–H and O–H groups in total. The van der Waals surface area contributed by atoms with Crippen molar-refractivity contribution >= 4 is 17.6 Å². The molecule has 0 amide bonds. The lowest BCUT2D eigenvalue weighted by molar-refractivity contribution is -0.139. The summed E-state index contributed by atoms with van der Waals surface area (Å²) in [7, 11) is 1.26. The van der Waals surface area contributed by atoms with E-state index >= 15 is 0 Å². The summed E-state index contributed by atoms with van der Waals surface area (Å²) >= 11 is 5.60. The molecule has 0 saturated carbocycles. The number of aromatic nitrogens is 1. The molecular weight excluding hydrogens is 221 g/mol. The number of methoxy groups -OCH3 is 1. The molecule has 0 radical (unpaired) electrons. The number of carbonyl (C=O) groups excluding carboxylic acids is 1. The molecule has 78 valence electrons. The summed E-state index contributed by atoms with van der Waals surface area (Å²) in [6.45, 7) is 0. The fraction of sp³-hybridized carbons (Fsp3) is 0.200. The Labute approximate surface area is 91.2 Å². The van der Waals surface area contributed by atoms with Crippen LogP contribution < -0.4 is 0 Å². The number of rotatable bonds is 1. The molecule has 0 aliphatic heterocycles. The van der Waals surface area contributed by atoms with Gasteiger partial charge in [0.25, 0.3) is 0 Å². The first-order valence-electron chi connectivity index (χ1n) is 4.00. The van der Waals surface area contributed by atoms with Gasteiger partial charge in [-0.25, -0.2) is 4.98 Å². The van der Waals surface area contributed by atoms with E-state index in [1.807, 2.05) is 0 Å². The number of esters is 1. The monoisotopic (exact) mass is 227 g/mol. The molecule has 5 heteroatoms. The van der Waals surface area contributed by atoms with Crippen LogP contribution in [0.1, 0.15) is 12.0 Å². The minimum Gasteiger partial charge on any atom is -0.468 e. The molecule has 0 unspecified atom stereocenters. The molecule has 0 aliphatic carbocycles. The SMILES string of the molecule is COC(=O)CC#Cc1cc(Cl)cnc1F. The van der Waals surface area contributed by atoms with Gasteiger partial charge >= 0.3 is 5.97 Å². The zero-order chi connectivity index (χ0) is 11.3. The summed E-state index contributed by atoms with van der Waals surface area (Å²) in [6.07, 6.45) is 1.09. The molecule has 1 rings (SSSR count). The highest BCUT2D eigenvalue weighted by Gasteiger charge is 2.01. The fourth-order valence-electron chi connectivity index (χ4n) is 0.794. The third-order valence-corrected chi connectivity index (χ3v) is 1.70. The van der Waals surface area contributed by atoms with Crippen molar-refractivity contribution < 1.29 is 13.9 Å². The van der Waals surface area contributed by atoms with Crippen molar-refractivity contribution in [2.45, 2.75) is 6.42 Å². The van der Waals surface area contributed by atoms with Crippen LogP contribution in [0, 0.1) is 17.8 Å². The Morgan fingerprint density at radius 2 is 2.47 bits per heavy atom. The Morgan fingerprint density at radius 1 is 1.73 bits per heavy atom. The molecule has 0 spiro atoms. The van der Waals surface area contributed by atoms with E-state index in [9.17, 15) is 9.18 Å². The number of carbonyl (C=O) groups is 1. The van der Waals surface area contributed by atoms with Crippen LogP contribution in [0.25, 0.3) is 0 Å². The van der Waals surface area contributed by atoms with Crippen LogP contribution in [-0.4, -0.2) is 18.1 Å². The summed E-state index contributed by atoms with van der Waals surface area (Å²) in [4.78, 5) is 14.1. The maximum absolute atomic E-state index is 13.0. The quantitative estimate of drug-likeness (QED) is 0.417. The first-order valence-corrected chi connectivity index (χ1v) is 4.38. The first kappa shape index (κ1) is 11.5. The van der Waals surface area contributed by atoms with Crippen LogP contribution in [0.4, 0.5) is 4.39 Å². The summed E-state index contributed by atoms with van der Waals surface area (Å²) in [6, 6.07) is 1.34. The van der Waals surface area contributed by atoms with Gasteiger partial charge < -0.3 is 4.74 Å². The molecule has 1 heterocycles. The number of hydrogen-bond donors (Lipinski definition) is 0. The van der Waals surface area contributed by atoms with Crippen LogP contribution in [0.3, 0.4) is 0 Å². The highest BCUT2D eigenvalue weighted by Crippen LogP contribution is 2.10. The normalized spacial score (nSPS) is 9.00. The Hall–Kier alpha value is -1.60. The molecular formula is C10H7ClFNO2. The van der Waals surface area contributed by atoms with Gasteiger partial charge in [0.1, 0.15) is 6.42 Å². The average molecular weight is 228 g/mol. The van der Waals surface area contributed by atoms with E-state index in [1.165, 1.54) is 19.4 Å². The van der Waals surface area contributed by atoms with Crippen molar-refractivity contribution in [2.75, 3.05) is 7.11 Å². The lowest BCUT2D eigenvalue weighted by Gasteiger charge is -1.93. The number of pyridine rings is 1. The van der Waals surface area contributed by atoms with Gasteiger partial charge in [-0.15, -0.1) is 0 Å². The summed E-state index contributed by atoms with van der Waals surface area (Å²) in [5.74, 6) is 3.72. The predicted molar refractivity (Wildman–Crippen MR) is 52.7 cm³/mol. The lowest BCUT2D eigenvalue weighted by atomic mass is 10.2. The van der Waals surface area contributed by atoms with E-state index in [-0.39, 0.29) is 12.0 Å². The van der Waals surface area contributed by atoms with Crippen molar-refractivity contribution in [3.8, 4) is 11.8 Å². The third-order valence-electron chi connectivity index (χ3n) is 1.49. The van der Waals surface area contributed by atoms with Crippen molar-refractivity contribution in [1.29, 1.82) is 0 Å². The highest BCUT2D eigenvalue weighted by atomic mass is 35.5. The minimum absolute atomic E-state index is 0.0615. The van der Waals surface area contributed by atoms with E-state index in [0.717, 1.165) is 0 Å². The topological polar surface area (TPSA) is 39.2 Å². The Morgan fingerprint density at radius 3 is 3.13 bits per heavy atom. The predicted octanol–water partition coefficient (Wildman–Crippen LogP) is 1.79. The number of halogens is 2. The van der Waals surface area contributed by atoms with Gasteiger partial charge in [-0.1, -0.05) is 23.4 Å². The summed E-state index contributed by atoms with van der Waals surface area (Å²) in [5, 5.41) is 0.291. The molecule has 0 aromatic carbocycles. The van der Waals surface area contributed by atoms with Gasteiger partial charge in [0.05, 0.1) is 17.7 Å². The van der Waals surface area contributed by atoms with Crippen LogP contribution >= 0.6 is 11.6 Å². The zero-order valence-electron chi connectivity index (χ0n) is 7.88. The largest absolute Gasteiger partial charge is 0.468 e. The lowest BCUT2D eigenvalue weighted by Crippen LogP contribution is -1.97. The van der Waals surface area contributed by atoms with Crippen molar-refractivity contribution in [2.24, 2.45) is 0 Å². The van der Waals surface area contributed by atoms with E-state index in [2.05, 4.69) is 21.6 Å². The third kappa shape index (κ3) is 3.56. The summed E-state index contributed by atoms with van der Waals surface area (Å²) in [5.41, 5.74) is 0.0615. The van der Waals surface area contributed by atoms with Gasteiger partial charge in [-0.05, 0) is 6.07 Å². The standard InChI is InChI=1S/C10H7ClFNO2/c1-15-9(14)4-2-3-7-5-8(11)6-13-10(7)12/h5-6H,4H2,1H3. The molecule has 0 aliphatic rings. The molecule has 0 atom stereocenters. The number of ether oxygens (including phenoxy) is 1. The summed E-state index contributed by atoms with van der Waals surface area (Å²) < 4.78 is 17.4. The number of hydrogen-bond acceptors (Lipinski definition) is 3. The van der Waals surface area contributed by atoms with Crippen molar-refractivity contribution in [3.05, 3.63) is 28.8 Å². The van der Waals surface area contributed by atoms with Crippen LogP contribution in [0.2, 0.25) is 5.02 Å². The number of nitrogens with zero attached hydrogens (tertiary/aromatic N) is 1. The van der Waals surface area contributed by atoms with Gasteiger partial charge in [0.2, 0.25) is 5.95 Å². The molecule has 15 heavy (non-hydrogen) atoms. The molecule has 1 aromatic rings. The van der Waals surface area contributed by atoms with Crippen molar-refractivity contribution in [1.82, 2.24) is 4.98 Å². The van der Waals surface area contributed by atoms with Crippen LogP contribution in [-0.2, 0) is 9.53 Å². The molecule has 3 nitrogen and oxygen atoms in total. The van der Waals surface area contributed by atoms with Crippen LogP contribution in [0.5, 0.6) is 0 Å². The van der Waals surface area contributed by atoms with E-state index < -0.39 is 11.9 Å². The average Bonchev–Trinajstić information content (AvgIpc) is 2.23. The molecule has 1 aromatic heterocycles. The van der Waals surface area contributed by atoms with Crippen LogP contribution in [0.15, 0.2) is 12.3 Å². The highest BCUT2D eigenvalue weighted by molar-refractivity contribution is 6.30. The maximum Gasteiger partial charge on any atom is 0.317 e. The van der Waals surface area contributed by atoms with Gasteiger partial charge in [0.15, 0.2) is 0 Å². The molecule has 0 saturated heterocycles. The molecule has 0 bridgehead atoms. The van der Waals surface area contributed by atoms with E-state index in [1.54, 1.807) is 0 Å². The van der Waals surface area contributed by atoms with Crippen molar-refractivity contribution in [3.63, 3.8) is 0 Å². The van der Waals surface area contributed by atoms with E-state index in [0.29, 0.717) is 5.02 Å².